The first-order valence-electron chi connectivity index (χ1n) is 10.0. The van der Waals surface area contributed by atoms with Gasteiger partial charge in [-0.15, -0.1) is 0 Å². The van der Waals surface area contributed by atoms with Crippen molar-refractivity contribution in [3.63, 3.8) is 0 Å². The van der Waals surface area contributed by atoms with Gasteiger partial charge < -0.3 is 10.1 Å². The number of carbonyl (C=O) groups is 1. The number of urea groups is 1. The highest BCUT2D eigenvalue weighted by Gasteiger charge is 2.31. The number of nitrogens with one attached hydrogen (secondary N) is 2. The molecule has 2 aliphatic carbocycles. The zero-order chi connectivity index (χ0) is 20.2. The van der Waals surface area contributed by atoms with Gasteiger partial charge in [-0.3, -0.25) is 4.98 Å². The molecular weight excluding hydrogens is 394 g/mol. The van der Waals surface area contributed by atoms with Crippen molar-refractivity contribution in [2.24, 2.45) is 0 Å². The van der Waals surface area contributed by atoms with E-state index in [4.69, 9.17) is 9.72 Å². The Morgan fingerprint density at radius 3 is 2.55 bits per heavy atom. The van der Waals surface area contributed by atoms with Gasteiger partial charge in [0.25, 0.3) is 10.0 Å². The van der Waals surface area contributed by atoms with Gasteiger partial charge in [-0.05, 0) is 56.6 Å². The molecule has 0 saturated heterocycles. The predicted molar refractivity (Wildman–Crippen MR) is 105 cm³/mol. The van der Waals surface area contributed by atoms with E-state index in [0.717, 1.165) is 73.1 Å². The fraction of sp³-hybridized carbons (Fsp3) is 0.526. The molecule has 10 heteroatoms. The minimum Gasteiger partial charge on any atom is -0.474 e. The average molecular weight is 417 g/mol. The van der Waals surface area contributed by atoms with Crippen LogP contribution in [0.15, 0.2) is 11.1 Å². The van der Waals surface area contributed by atoms with E-state index in [1.807, 2.05) is 6.92 Å². The van der Waals surface area contributed by atoms with Crippen LogP contribution in [0, 0.1) is 0 Å². The summed E-state index contributed by atoms with van der Waals surface area (Å²) in [5, 5.41) is 6.89. The molecule has 0 fully saturated rings. The van der Waals surface area contributed by atoms with Crippen molar-refractivity contribution < 1.29 is 17.9 Å². The van der Waals surface area contributed by atoms with Crippen LogP contribution in [-0.2, 0) is 42.3 Å². The molecule has 5 rings (SSSR count). The first-order valence-corrected chi connectivity index (χ1v) is 11.5. The predicted octanol–water partition coefficient (Wildman–Crippen LogP) is 1.94. The van der Waals surface area contributed by atoms with E-state index < -0.39 is 16.1 Å². The molecule has 154 valence electrons. The molecule has 2 aromatic heterocycles. The normalized spacial score (nSPS) is 19.8. The summed E-state index contributed by atoms with van der Waals surface area (Å²) in [4.78, 5) is 17.3. The van der Waals surface area contributed by atoms with E-state index in [0.29, 0.717) is 6.54 Å². The molecule has 0 radical (unpaired) electrons. The third-order valence-electron chi connectivity index (χ3n) is 5.83. The molecule has 2 amide bonds. The molecule has 0 aromatic carbocycles. The number of aryl methyl sites for hydroxylation is 3. The molecule has 1 unspecified atom stereocenters. The SMILES string of the molecule is CC1CCn2ncc(S(=O)(=O)NC(=O)Nc3c4c(nc5c3CCC5)CCC4)c2O1. The van der Waals surface area contributed by atoms with Gasteiger partial charge >= 0.3 is 6.03 Å². The van der Waals surface area contributed by atoms with Crippen molar-refractivity contribution in [1.82, 2.24) is 19.5 Å². The number of nitrogens with zero attached hydrogens (tertiary/aromatic N) is 3. The van der Waals surface area contributed by atoms with E-state index in [-0.39, 0.29) is 16.9 Å². The van der Waals surface area contributed by atoms with Gasteiger partial charge in [0.2, 0.25) is 5.88 Å². The maximum absolute atomic E-state index is 12.8. The van der Waals surface area contributed by atoms with Crippen molar-refractivity contribution >= 4 is 21.7 Å². The second-order valence-electron chi connectivity index (χ2n) is 7.86. The van der Waals surface area contributed by atoms with Crippen LogP contribution < -0.4 is 14.8 Å². The molecule has 29 heavy (non-hydrogen) atoms. The molecule has 2 aromatic rings. The lowest BCUT2D eigenvalue weighted by atomic mass is 10.1. The summed E-state index contributed by atoms with van der Waals surface area (Å²) >= 11 is 0. The third kappa shape index (κ3) is 3.15. The van der Waals surface area contributed by atoms with E-state index in [2.05, 4.69) is 15.1 Å². The molecule has 1 aliphatic heterocycles. The number of ether oxygens (including phenoxy) is 1. The summed E-state index contributed by atoms with van der Waals surface area (Å²) < 4.78 is 34.9. The van der Waals surface area contributed by atoms with Crippen LogP contribution >= 0.6 is 0 Å². The Labute approximate surface area is 168 Å². The lowest BCUT2D eigenvalue weighted by Crippen LogP contribution is -2.35. The van der Waals surface area contributed by atoms with Crippen molar-refractivity contribution in [3.8, 4) is 5.88 Å². The number of anilines is 1. The van der Waals surface area contributed by atoms with Crippen molar-refractivity contribution in [3.05, 3.63) is 28.7 Å². The Bertz CT molecular complexity index is 1080. The minimum atomic E-state index is -4.12. The van der Waals surface area contributed by atoms with Gasteiger partial charge in [0.15, 0.2) is 4.90 Å². The molecule has 0 bridgehead atoms. The Morgan fingerprint density at radius 2 is 1.86 bits per heavy atom. The van der Waals surface area contributed by atoms with Gasteiger partial charge in [0.1, 0.15) is 0 Å². The zero-order valence-corrected chi connectivity index (χ0v) is 17.0. The van der Waals surface area contributed by atoms with Crippen LogP contribution in [0.3, 0.4) is 0 Å². The Hall–Kier alpha value is -2.62. The number of carbonyl (C=O) groups excluding carboxylic acids is 1. The Kier molecular flexibility index (Phi) is 4.27. The van der Waals surface area contributed by atoms with E-state index in [1.165, 1.54) is 10.9 Å². The van der Waals surface area contributed by atoms with Gasteiger partial charge in [0, 0.05) is 24.4 Å². The number of amides is 2. The summed E-state index contributed by atoms with van der Waals surface area (Å²) in [7, 11) is -4.12. The monoisotopic (exact) mass is 417 g/mol. The van der Waals surface area contributed by atoms with E-state index in [9.17, 15) is 13.2 Å². The fourth-order valence-electron chi connectivity index (χ4n) is 4.43. The summed E-state index contributed by atoms with van der Waals surface area (Å²) in [6, 6.07) is -0.775. The molecule has 3 aliphatic rings. The summed E-state index contributed by atoms with van der Waals surface area (Å²) in [6.45, 7) is 2.45. The number of hydrogen-bond donors (Lipinski definition) is 2. The van der Waals surface area contributed by atoms with Crippen molar-refractivity contribution in [2.75, 3.05) is 5.32 Å². The Morgan fingerprint density at radius 1 is 1.17 bits per heavy atom. The topological polar surface area (TPSA) is 115 Å². The van der Waals surface area contributed by atoms with Gasteiger partial charge in [-0.1, -0.05) is 0 Å². The molecule has 2 N–H and O–H groups in total. The zero-order valence-electron chi connectivity index (χ0n) is 16.2. The van der Waals surface area contributed by atoms with Crippen LogP contribution in [0.2, 0.25) is 0 Å². The summed E-state index contributed by atoms with van der Waals surface area (Å²) in [6.07, 6.45) is 7.36. The molecule has 0 spiro atoms. The Balaban J connectivity index is 1.41. The average Bonchev–Trinajstić information content (AvgIpc) is 3.39. The second kappa shape index (κ2) is 6.72. The minimum absolute atomic E-state index is 0.107. The van der Waals surface area contributed by atoms with Gasteiger partial charge in [0.05, 0.1) is 18.0 Å². The van der Waals surface area contributed by atoms with E-state index >= 15 is 0 Å². The number of pyridine rings is 1. The quantitative estimate of drug-likeness (QED) is 0.789. The van der Waals surface area contributed by atoms with Crippen LogP contribution in [0.25, 0.3) is 0 Å². The first-order chi connectivity index (χ1) is 13.9. The van der Waals surface area contributed by atoms with Crippen molar-refractivity contribution in [1.29, 1.82) is 0 Å². The van der Waals surface area contributed by atoms with Crippen LogP contribution in [0.4, 0.5) is 10.5 Å². The van der Waals surface area contributed by atoms with Gasteiger partial charge in [-0.25, -0.2) is 22.6 Å². The largest absolute Gasteiger partial charge is 0.474 e. The van der Waals surface area contributed by atoms with E-state index in [1.54, 1.807) is 0 Å². The smallest absolute Gasteiger partial charge is 0.333 e. The highest BCUT2D eigenvalue weighted by Crippen LogP contribution is 2.36. The number of rotatable bonds is 3. The lowest BCUT2D eigenvalue weighted by molar-refractivity contribution is 0.144. The fourth-order valence-corrected chi connectivity index (χ4v) is 5.40. The molecule has 1 atom stereocenters. The highest BCUT2D eigenvalue weighted by molar-refractivity contribution is 7.90. The lowest BCUT2D eigenvalue weighted by Gasteiger charge is -2.22. The first kappa shape index (κ1) is 18.4. The van der Waals surface area contributed by atoms with Crippen LogP contribution in [-0.4, -0.2) is 35.3 Å². The number of fused-ring (bicyclic) bond motifs is 3. The summed E-state index contributed by atoms with van der Waals surface area (Å²) in [5.74, 6) is 0.176. The molecule has 3 heterocycles. The molecule has 0 saturated carbocycles. The molecular formula is C19H23N5O4S. The van der Waals surface area contributed by atoms with Crippen LogP contribution in [0.1, 0.15) is 48.7 Å². The number of aromatic nitrogens is 3. The van der Waals surface area contributed by atoms with Crippen molar-refractivity contribution in [2.45, 2.75) is 69.4 Å². The number of hydrogen-bond acceptors (Lipinski definition) is 6. The maximum atomic E-state index is 12.8. The standard InChI is InChI=1S/C19H23N5O4S/c1-11-8-9-24-18(28-11)16(10-20-24)29(26,27)23-19(25)22-17-12-4-2-6-14(12)21-15-7-3-5-13(15)17/h10-11H,2-9H2,1H3,(H2,21,22,23,25). The molecule has 9 nitrogen and oxygen atoms in total. The third-order valence-corrected chi connectivity index (χ3v) is 7.14. The second-order valence-corrected chi connectivity index (χ2v) is 9.51. The summed E-state index contributed by atoms with van der Waals surface area (Å²) in [5.41, 5.74) is 4.87. The van der Waals surface area contributed by atoms with Crippen LogP contribution in [0.5, 0.6) is 5.88 Å². The highest BCUT2D eigenvalue weighted by atomic mass is 32.2. The maximum Gasteiger partial charge on any atom is 0.333 e. The number of sulfonamides is 1. The van der Waals surface area contributed by atoms with Gasteiger partial charge in [-0.2, -0.15) is 5.10 Å².